The fraction of sp³-hybridized carbons (Fsp3) is 0.481. The second kappa shape index (κ2) is 11.1. The zero-order chi connectivity index (χ0) is 23.2. The number of aliphatic hydroxyl groups is 1. The molecule has 6 nitrogen and oxygen atoms in total. The summed E-state index contributed by atoms with van der Waals surface area (Å²) >= 11 is 0. The summed E-state index contributed by atoms with van der Waals surface area (Å²) in [5.41, 5.74) is 4.82. The molecule has 0 spiro atoms. The van der Waals surface area contributed by atoms with Gasteiger partial charge >= 0.3 is 0 Å². The number of methoxy groups -OCH3 is 3. The van der Waals surface area contributed by atoms with Crippen LogP contribution >= 0.6 is 0 Å². The topological polar surface area (TPSA) is 60.4 Å². The molecule has 1 aliphatic carbocycles. The molecular formula is C27H35NO5. The van der Waals surface area contributed by atoms with Crippen LogP contribution < -0.4 is 14.2 Å². The van der Waals surface area contributed by atoms with Gasteiger partial charge in [-0.25, -0.2) is 0 Å². The third-order valence-corrected chi connectivity index (χ3v) is 6.60. The average Bonchev–Trinajstić information content (AvgIpc) is 2.87. The lowest BCUT2D eigenvalue weighted by Gasteiger charge is -2.30. The van der Waals surface area contributed by atoms with E-state index in [4.69, 9.17) is 18.9 Å². The summed E-state index contributed by atoms with van der Waals surface area (Å²) in [6.07, 6.45) is 5.89. The lowest BCUT2D eigenvalue weighted by molar-refractivity contribution is -0.0272. The highest BCUT2D eigenvalue weighted by molar-refractivity contribution is 5.77. The molecule has 1 N–H and O–H groups in total. The Morgan fingerprint density at radius 2 is 1.79 bits per heavy atom. The van der Waals surface area contributed by atoms with Crippen molar-refractivity contribution in [2.24, 2.45) is 0 Å². The van der Waals surface area contributed by atoms with Crippen molar-refractivity contribution in [3.8, 4) is 17.2 Å². The summed E-state index contributed by atoms with van der Waals surface area (Å²) in [5, 5.41) is 10.6. The number of aryl methyl sites for hydroxylation is 1. The molecule has 2 atom stereocenters. The van der Waals surface area contributed by atoms with Crippen molar-refractivity contribution in [3.05, 3.63) is 59.2 Å². The van der Waals surface area contributed by atoms with E-state index in [0.29, 0.717) is 18.9 Å². The second-order valence-corrected chi connectivity index (χ2v) is 8.71. The van der Waals surface area contributed by atoms with Crippen LogP contribution in [0.25, 0.3) is 5.57 Å². The van der Waals surface area contributed by atoms with Gasteiger partial charge < -0.3 is 24.1 Å². The second-order valence-electron chi connectivity index (χ2n) is 8.71. The van der Waals surface area contributed by atoms with Crippen LogP contribution in [0.5, 0.6) is 17.2 Å². The highest BCUT2D eigenvalue weighted by Gasteiger charge is 2.24. The first-order chi connectivity index (χ1) is 16.1. The first-order valence-electron chi connectivity index (χ1n) is 11.7. The Hall–Kier alpha value is -2.54. The highest BCUT2D eigenvalue weighted by Crippen LogP contribution is 2.41. The Morgan fingerprint density at radius 3 is 2.45 bits per heavy atom. The van der Waals surface area contributed by atoms with Crippen molar-refractivity contribution in [2.75, 3.05) is 47.6 Å². The maximum atomic E-state index is 10.6. The van der Waals surface area contributed by atoms with E-state index in [2.05, 4.69) is 35.2 Å². The lowest BCUT2D eigenvalue weighted by Crippen LogP contribution is -2.37. The molecule has 0 amide bonds. The first-order valence-corrected chi connectivity index (χ1v) is 11.7. The van der Waals surface area contributed by atoms with Gasteiger partial charge in [-0.3, -0.25) is 4.90 Å². The van der Waals surface area contributed by atoms with Gasteiger partial charge in [0.25, 0.3) is 0 Å². The smallest absolute Gasteiger partial charge is 0.133 e. The Morgan fingerprint density at radius 1 is 1.03 bits per heavy atom. The van der Waals surface area contributed by atoms with Crippen LogP contribution in [-0.4, -0.2) is 63.7 Å². The number of nitrogens with zero attached hydrogens (tertiary/aromatic N) is 1. The Bertz CT molecular complexity index is 948. The molecule has 0 saturated heterocycles. The summed E-state index contributed by atoms with van der Waals surface area (Å²) in [6, 6.07) is 12.3. The normalized spacial score (nSPS) is 19.4. The maximum absolute atomic E-state index is 10.6. The summed E-state index contributed by atoms with van der Waals surface area (Å²) in [4.78, 5) is 2.26. The molecule has 2 aromatic rings. The number of hydrogen-bond acceptors (Lipinski definition) is 6. The average molecular weight is 454 g/mol. The van der Waals surface area contributed by atoms with E-state index in [1.54, 1.807) is 21.3 Å². The first kappa shape index (κ1) is 23.6. The Kier molecular flexibility index (Phi) is 7.91. The molecule has 1 heterocycles. The molecule has 1 aliphatic heterocycles. The SMILES string of the molecule is COc1cc(OC)c(C2=CCN(C[C@@H](O)CO[C@@H]3CCCc4ccccc43)CC2)c(OC)c1. The van der Waals surface area contributed by atoms with Crippen molar-refractivity contribution < 1.29 is 24.1 Å². The van der Waals surface area contributed by atoms with Gasteiger partial charge in [0, 0.05) is 31.8 Å². The molecule has 2 aliphatic rings. The predicted octanol–water partition coefficient (Wildman–Crippen LogP) is 4.26. The number of ether oxygens (including phenoxy) is 4. The molecule has 4 rings (SSSR count). The minimum Gasteiger partial charge on any atom is -0.496 e. The Labute approximate surface area is 196 Å². The molecule has 6 heteroatoms. The fourth-order valence-corrected chi connectivity index (χ4v) is 4.89. The molecule has 2 aromatic carbocycles. The van der Waals surface area contributed by atoms with Crippen LogP contribution in [0.3, 0.4) is 0 Å². The van der Waals surface area contributed by atoms with Crippen LogP contribution in [0.2, 0.25) is 0 Å². The zero-order valence-electron chi connectivity index (χ0n) is 19.9. The van der Waals surface area contributed by atoms with Crippen molar-refractivity contribution in [2.45, 2.75) is 37.9 Å². The van der Waals surface area contributed by atoms with E-state index in [1.165, 1.54) is 16.7 Å². The minimum atomic E-state index is -0.515. The zero-order valence-corrected chi connectivity index (χ0v) is 19.9. The van der Waals surface area contributed by atoms with Gasteiger partial charge in [-0.05, 0) is 42.4 Å². The summed E-state index contributed by atoms with van der Waals surface area (Å²) in [6.45, 7) is 2.56. The third kappa shape index (κ3) is 5.52. The van der Waals surface area contributed by atoms with Crippen LogP contribution in [0.15, 0.2) is 42.5 Å². The van der Waals surface area contributed by atoms with Gasteiger partial charge in [-0.1, -0.05) is 30.3 Å². The highest BCUT2D eigenvalue weighted by atomic mass is 16.5. The van der Waals surface area contributed by atoms with E-state index in [-0.39, 0.29) is 6.10 Å². The number of benzene rings is 2. The number of β-amino-alcohol motifs (C(OH)–C–C–N with tert-alkyl or cyclic N) is 1. The van der Waals surface area contributed by atoms with Crippen LogP contribution in [0.1, 0.15) is 42.1 Å². The monoisotopic (exact) mass is 453 g/mol. The van der Waals surface area contributed by atoms with Gasteiger partial charge in [0.2, 0.25) is 0 Å². The quantitative estimate of drug-likeness (QED) is 0.612. The van der Waals surface area contributed by atoms with Crippen LogP contribution in [0.4, 0.5) is 0 Å². The van der Waals surface area contributed by atoms with Crippen LogP contribution in [0, 0.1) is 0 Å². The van der Waals surface area contributed by atoms with Gasteiger partial charge in [-0.2, -0.15) is 0 Å². The molecule has 0 unspecified atom stereocenters. The maximum Gasteiger partial charge on any atom is 0.133 e. The molecule has 0 radical (unpaired) electrons. The van der Waals surface area contributed by atoms with Crippen molar-refractivity contribution in [1.82, 2.24) is 4.90 Å². The molecule has 178 valence electrons. The molecule has 0 fully saturated rings. The molecule has 0 saturated carbocycles. The molecular weight excluding hydrogens is 418 g/mol. The van der Waals surface area contributed by atoms with Gasteiger partial charge in [0.1, 0.15) is 17.2 Å². The molecule has 0 aromatic heterocycles. The summed E-state index contributed by atoms with van der Waals surface area (Å²) in [7, 11) is 4.96. The number of rotatable bonds is 9. The molecule has 0 bridgehead atoms. The number of fused-ring (bicyclic) bond motifs is 1. The van der Waals surface area contributed by atoms with E-state index < -0.39 is 6.10 Å². The van der Waals surface area contributed by atoms with Crippen molar-refractivity contribution in [3.63, 3.8) is 0 Å². The largest absolute Gasteiger partial charge is 0.496 e. The summed E-state index contributed by atoms with van der Waals surface area (Å²) in [5.74, 6) is 2.19. The van der Waals surface area contributed by atoms with E-state index in [0.717, 1.165) is 55.8 Å². The fourth-order valence-electron chi connectivity index (χ4n) is 4.89. The predicted molar refractivity (Wildman–Crippen MR) is 129 cm³/mol. The van der Waals surface area contributed by atoms with E-state index >= 15 is 0 Å². The van der Waals surface area contributed by atoms with E-state index in [1.807, 2.05) is 12.1 Å². The van der Waals surface area contributed by atoms with E-state index in [9.17, 15) is 5.11 Å². The number of hydrogen-bond donors (Lipinski definition) is 1. The standard InChI is InChI=1S/C27H35NO5/c1-30-22-15-25(31-2)27(26(16-22)32-3)20-11-13-28(14-12-20)17-21(29)18-33-24-10-6-8-19-7-4-5-9-23(19)24/h4-5,7,9,11,15-16,21,24,29H,6,8,10,12-14,17-18H2,1-3H3/t21-,24-/m1/s1. The Balaban J connectivity index is 1.34. The van der Waals surface area contributed by atoms with Gasteiger partial charge in [0.15, 0.2) is 0 Å². The van der Waals surface area contributed by atoms with Crippen molar-refractivity contribution >= 4 is 5.57 Å². The summed E-state index contributed by atoms with van der Waals surface area (Å²) < 4.78 is 22.7. The number of aliphatic hydroxyl groups excluding tert-OH is 1. The molecule has 33 heavy (non-hydrogen) atoms. The van der Waals surface area contributed by atoms with Crippen LogP contribution in [-0.2, 0) is 11.2 Å². The van der Waals surface area contributed by atoms with Gasteiger partial charge in [-0.15, -0.1) is 0 Å². The van der Waals surface area contributed by atoms with Gasteiger partial charge in [0.05, 0.1) is 45.7 Å². The van der Waals surface area contributed by atoms with Crippen molar-refractivity contribution in [1.29, 1.82) is 0 Å². The lowest BCUT2D eigenvalue weighted by atomic mass is 9.89. The minimum absolute atomic E-state index is 0.0902. The third-order valence-electron chi connectivity index (χ3n) is 6.60.